The van der Waals surface area contributed by atoms with Crippen LogP contribution in [-0.4, -0.2) is 43.0 Å². The van der Waals surface area contributed by atoms with E-state index in [1.54, 1.807) is 0 Å². The molecule has 0 aromatic heterocycles. The fourth-order valence-corrected chi connectivity index (χ4v) is 2.58. The predicted octanol–water partition coefficient (Wildman–Crippen LogP) is 0.325. The van der Waals surface area contributed by atoms with Gasteiger partial charge in [-0.3, -0.25) is 4.79 Å². The first kappa shape index (κ1) is 13.4. The molecule has 6 heteroatoms. The summed E-state index contributed by atoms with van der Waals surface area (Å²) in [5.41, 5.74) is -0.330. The second-order valence-corrected chi connectivity index (χ2v) is 7.27. The van der Waals surface area contributed by atoms with Crippen molar-refractivity contribution >= 4 is 15.9 Å². The highest BCUT2D eigenvalue weighted by atomic mass is 32.2. The van der Waals surface area contributed by atoms with Crippen molar-refractivity contribution in [2.24, 2.45) is 0 Å². The molecule has 1 fully saturated rings. The molecule has 5 nitrogen and oxygen atoms in total. The smallest absolute Gasteiger partial charge is 0.235 e. The fraction of sp³-hybridized carbons (Fsp3) is 0.900. The van der Waals surface area contributed by atoms with Crippen LogP contribution in [0.25, 0.3) is 0 Å². The van der Waals surface area contributed by atoms with Crippen LogP contribution in [0.3, 0.4) is 0 Å². The summed E-state index contributed by atoms with van der Waals surface area (Å²) in [6, 6.07) is 0.0284. The van der Waals surface area contributed by atoms with Crippen molar-refractivity contribution in [3.05, 3.63) is 0 Å². The highest BCUT2D eigenvalue weighted by molar-refractivity contribution is 7.88. The zero-order valence-corrected chi connectivity index (χ0v) is 11.1. The first-order valence-corrected chi connectivity index (χ1v) is 7.22. The predicted molar refractivity (Wildman–Crippen MR) is 62.5 cm³/mol. The molecule has 0 aromatic rings. The number of nitrogens with one attached hydrogen (secondary N) is 1. The van der Waals surface area contributed by atoms with Crippen LogP contribution >= 0.6 is 0 Å². The number of hydrogen-bond donors (Lipinski definition) is 1. The molecule has 0 aromatic carbocycles. The minimum Gasteiger partial charge on any atom is -0.350 e. The van der Waals surface area contributed by atoms with Gasteiger partial charge >= 0.3 is 0 Å². The molecule has 1 rings (SSSR count). The second-order valence-electron chi connectivity index (χ2n) is 5.34. The van der Waals surface area contributed by atoms with Crippen LogP contribution in [0.5, 0.6) is 0 Å². The first-order chi connectivity index (χ1) is 7.09. The lowest BCUT2D eigenvalue weighted by atomic mass is 10.1. The SMILES string of the molecule is CC(C)(C)NC(=O)CN(C1CC1)S(C)(=O)=O. The van der Waals surface area contributed by atoms with Gasteiger partial charge in [-0.1, -0.05) is 0 Å². The van der Waals surface area contributed by atoms with Gasteiger partial charge in [0.2, 0.25) is 15.9 Å². The molecule has 1 aliphatic rings. The van der Waals surface area contributed by atoms with Crippen LogP contribution in [0.1, 0.15) is 33.6 Å². The van der Waals surface area contributed by atoms with Crippen molar-refractivity contribution in [3.63, 3.8) is 0 Å². The van der Waals surface area contributed by atoms with Crippen molar-refractivity contribution in [2.75, 3.05) is 12.8 Å². The Labute approximate surface area is 97.2 Å². The summed E-state index contributed by atoms with van der Waals surface area (Å²) in [6.45, 7) is 5.53. The monoisotopic (exact) mass is 248 g/mol. The quantitative estimate of drug-likeness (QED) is 0.779. The minimum atomic E-state index is -3.28. The van der Waals surface area contributed by atoms with Crippen LogP contribution in [0, 0.1) is 0 Å². The molecular weight excluding hydrogens is 228 g/mol. The Morgan fingerprint density at radius 1 is 1.38 bits per heavy atom. The number of hydrogen-bond acceptors (Lipinski definition) is 3. The fourth-order valence-electron chi connectivity index (χ4n) is 1.48. The summed E-state index contributed by atoms with van der Waals surface area (Å²) < 4.78 is 24.2. The number of carbonyl (C=O) groups excluding carboxylic acids is 1. The number of rotatable bonds is 4. The average molecular weight is 248 g/mol. The normalized spacial score (nSPS) is 17.6. The molecule has 0 aliphatic heterocycles. The Bertz CT molecular complexity index is 366. The van der Waals surface area contributed by atoms with Gasteiger partial charge in [-0.05, 0) is 33.6 Å². The Balaban J connectivity index is 2.60. The Kier molecular flexibility index (Phi) is 3.64. The largest absolute Gasteiger partial charge is 0.350 e. The van der Waals surface area contributed by atoms with Crippen LogP contribution in [0.15, 0.2) is 0 Å². The van der Waals surface area contributed by atoms with Crippen molar-refractivity contribution in [1.29, 1.82) is 0 Å². The molecule has 1 amide bonds. The van der Waals surface area contributed by atoms with Gasteiger partial charge in [-0.15, -0.1) is 0 Å². The van der Waals surface area contributed by atoms with E-state index in [1.807, 2.05) is 20.8 Å². The van der Waals surface area contributed by atoms with Gasteiger partial charge in [0.1, 0.15) is 0 Å². The number of sulfonamides is 1. The number of carbonyl (C=O) groups is 1. The van der Waals surface area contributed by atoms with E-state index < -0.39 is 10.0 Å². The minimum absolute atomic E-state index is 0.0284. The van der Waals surface area contributed by atoms with Crippen LogP contribution in [-0.2, 0) is 14.8 Å². The zero-order chi connectivity index (χ0) is 12.6. The topological polar surface area (TPSA) is 66.5 Å². The van der Waals surface area contributed by atoms with Gasteiger partial charge in [0.05, 0.1) is 12.8 Å². The maximum absolute atomic E-state index is 11.6. The van der Waals surface area contributed by atoms with Crippen LogP contribution in [0.2, 0.25) is 0 Å². The molecule has 0 heterocycles. The van der Waals surface area contributed by atoms with Gasteiger partial charge in [0.25, 0.3) is 0 Å². The standard InChI is InChI=1S/C10H20N2O3S/c1-10(2,3)11-9(13)7-12(8-5-6-8)16(4,14)15/h8H,5-7H2,1-4H3,(H,11,13). The third-order valence-electron chi connectivity index (χ3n) is 2.19. The van der Waals surface area contributed by atoms with E-state index in [9.17, 15) is 13.2 Å². The van der Waals surface area contributed by atoms with Crippen molar-refractivity contribution in [1.82, 2.24) is 9.62 Å². The lowest BCUT2D eigenvalue weighted by molar-refractivity contribution is -0.122. The second kappa shape index (κ2) is 4.33. The number of amides is 1. The molecule has 0 atom stereocenters. The maximum atomic E-state index is 11.6. The van der Waals surface area contributed by atoms with E-state index in [1.165, 1.54) is 4.31 Å². The molecule has 0 spiro atoms. The summed E-state index contributed by atoms with van der Waals surface area (Å²) in [7, 11) is -3.28. The van der Waals surface area contributed by atoms with Crippen molar-refractivity contribution in [2.45, 2.75) is 45.2 Å². The third-order valence-corrected chi connectivity index (χ3v) is 3.47. The van der Waals surface area contributed by atoms with Gasteiger partial charge in [0.15, 0.2) is 0 Å². The highest BCUT2D eigenvalue weighted by Gasteiger charge is 2.36. The third kappa shape index (κ3) is 4.49. The molecule has 1 N–H and O–H groups in total. The van der Waals surface area contributed by atoms with E-state index in [0.29, 0.717) is 0 Å². The molecule has 16 heavy (non-hydrogen) atoms. The molecule has 0 unspecified atom stereocenters. The molecule has 1 aliphatic carbocycles. The lowest BCUT2D eigenvalue weighted by Gasteiger charge is -2.24. The van der Waals surface area contributed by atoms with E-state index in [4.69, 9.17) is 0 Å². The maximum Gasteiger partial charge on any atom is 0.235 e. The Hall–Kier alpha value is -0.620. The van der Waals surface area contributed by atoms with Gasteiger partial charge in [-0.2, -0.15) is 4.31 Å². The van der Waals surface area contributed by atoms with Gasteiger partial charge in [0, 0.05) is 11.6 Å². The van der Waals surface area contributed by atoms with Crippen molar-refractivity contribution in [3.8, 4) is 0 Å². The van der Waals surface area contributed by atoms with Crippen LogP contribution in [0.4, 0.5) is 0 Å². The van der Waals surface area contributed by atoms with E-state index in [2.05, 4.69) is 5.32 Å². The molecule has 1 saturated carbocycles. The average Bonchev–Trinajstić information content (AvgIpc) is 2.76. The molecule has 94 valence electrons. The van der Waals surface area contributed by atoms with E-state index in [0.717, 1.165) is 19.1 Å². The van der Waals surface area contributed by atoms with E-state index >= 15 is 0 Å². The first-order valence-electron chi connectivity index (χ1n) is 5.37. The van der Waals surface area contributed by atoms with Gasteiger partial charge < -0.3 is 5.32 Å². The summed E-state index contributed by atoms with van der Waals surface area (Å²) in [5.74, 6) is -0.246. The number of nitrogens with zero attached hydrogens (tertiary/aromatic N) is 1. The zero-order valence-electron chi connectivity index (χ0n) is 10.3. The van der Waals surface area contributed by atoms with E-state index in [-0.39, 0.29) is 24.0 Å². The molecule has 0 saturated heterocycles. The summed E-state index contributed by atoms with van der Waals surface area (Å²) in [4.78, 5) is 11.6. The lowest BCUT2D eigenvalue weighted by Crippen LogP contribution is -2.47. The van der Waals surface area contributed by atoms with Crippen LogP contribution < -0.4 is 5.32 Å². The Morgan fingerprint density at radius 3 is 2.19 bits per heavy atom. The van der Waals surface area contributed by atoms with Crippen molar-refractivity contribution < 1.29 is 13.2 Å². The summed E-state index contributed by atoms with van der Waals surface area (Å²) in [5, 5.41) is 2.76. The molecule has 0 bridgehead atoms. The molecule has 0 radical (unpaired) electrons. The summed E-state index contributed by atoms with van der Waals surface area (Å²) >= 11 is 0. The highest BCUT2D eigenvalue weighted by Crippen LogP contribution is 2.28. The molecular formula is C10H20N2O3S. The summed E-state index contributed by atoms with van der Waals surface area (Å²) in [6.07, 6.45) is 2.86. The van der Waals surface area contributed by atoms with Gasteiger partial charge in [-0.25, -0.2) is 8.42 Å². The Morgan fingerprint density at radius 2 is 1.88 bits per heavy atom.